The molecule has 0 saturated carbocycles. The summed E-state index contributed by atoms with van der Waals surface area (Å²) in [6, 6.07) is 4.99. The molecule has 1 aliphatic heterocycles. The quantitative estimate of drug-likeness (QED) is 0.624. The molecule has 0 bridgehead atoms. The molecule has 2 aromatic rings. The van der Waals surface area contributed by atoms with Gasteiger partial charge in [0.15, 0.2) is 0 Å². The highest BCUT2D eigenvalue weighted by atomic mass is 35.5. The largest absolute Gasteiger partial charge is 0.394 e. The summed E-state index contributed by atoms with van der Waals surface area (Å²) in [7, 11) is 0. The monoisotopic (exact) mass is 401 g/mol. The number of fused-ring (bicyclic) bond motifs is 3. The van der Waals surface area contributed by atoms with Crippen molar-refractivity contribution in [2.75, 3.05) is 13.2 Å². The molecule has 1 aliphatic rings. The fourth-order valence-corrected chi connectivity index (χ4v) is 3.58. The zero-order chi connectivity index (χ0) is 20.7. The van der Waals surface area contributed by atoms with Crippen LogP contribution in [-0.2, 0) is 6.42 Å². The number of benzene rings is 1. The van der Waals surface area contributed by atoms with E-state index < -0.39 is 6.04 Å². The van der Waals surface area contributed by atoms with Crippen LogP contribution >= 0.6 is 11.6 Å². The van der Waals surface area contributed by atoms with E-state index in [1.807, 2.05) is 45.0 Å². The number of carbonyl (C=O) groups excluding carboxylic acids is 1. The molecule has 0 radical (unpaired) electrons. The van der Waals surface area contributed by atoms with E-state index in [0.29, 0.717) is 23.7 Å². The Morgan fingerprint density at radius 3 is 2.86 bits per heavy atom. The maximum Gasteiger partial charge on any atom is 0.322 e. The lowest BCUT2D eigenvalue weighted by Gasteiger charge is -2.34. The number of halogens is 1. The van der Waals surface area contributed by atoms with Crippen molar-refractivity contribution >= 4 is 28.5 Å². The van der Waals surface area contributed by atoms with Crippen molar-refractivity contribution in [3.05, 3.63) is 71.1 Å². The number of nitrogens with zero attached hydrogens (tertiary/aromatic N) is 1. The first-order valence-corrected chi connectivity index (χ1v) is 9.90. The Balaban J connectivity index is 0.00000136. The van der Waals surface area contributed by atoms with Crippen molar-refractivity contribution in [1.82, 2.24) is 15.2 Å². The van der Waals surface area contributed by atoms with Gasteiger partial charge in [-0.2, -0.15) is 0 Å². The molecule has 3 N–H and O–H groups in total. The lowest BCUT2D eigenvalue weighted by atomic mass is 9.98. The smallest absolute Gasteiger partial charge is 0.322 e. The lowest BCUT2D eigenvalue weighted by molar-refractivity contribution is 0.127. The third kappa shape index (κ3) is 4.49. The summed E-state index contributed by atoms with van der Waals surface area (Å²) in [5.41, 5.74) is 3.59. The third-order valence-corrected chi connectivity index (χ3v) is 4.78. The van der Waals surface area contributed by atoms with Crippen LogP contribution in [0.1, 0.15) is 38.1 Å². The van der Waals surface area contributed by atoms with Gasteiger partial charge >= 0.3 is 6.03 Å². The Kier molecular flexibility index (Phi) is 7.91. The number of carbonyl (C=O) groups is 1. The second kappa shape index (κ2) is 10.2. The number of urea groups is 1. The normalized spacial score (nSPS) is 16.5. The van der Waals surface area contributed by atoms with Gasteiger partial charge in [-0.15, -0.1) is 0 Å². The molecule has 3 rings (SSSR count). The van der Waals surface area contributed by atoms with Crippen LogP contribution < -0.4 is 5.32 Å². The molecule has 0 fully saturated rings. The summed E-state index contributed by atoms with van der Waals surface area (Å²) in [5, 5.41) is 14.6. The van der Waals surface area contributed by atoms with E-state index in [1.54, 1.807) is 23.1 Å². The molecule has 0 aliphatic carbocycles. The van der Waals surface area contributed by atoms with Crippen molar-refractivity contribution in [2.24, 2.45) is 0 Å². The standard InChI is InChI=1S/C20H22ClN3O2.C2H6/c1-3-5-14(6-4-2)22-20(26)24-10-9-15-16-11-13(21)7-8-17(16)23-19(15)18(24)12-25;1-2/h3-8,11,18,23,25H,1,9-10,12H2,2H3,(H,22,26);1-2H3/b6-4-,14-5+;. The van der Waals surface area contributed by atoms with Crippen LogP contribution in [0.3, 0.4) is 0 Å². The topological polar surface area (TPSA) is 68.4 Å². The molecule has 2 amide bonds. The fraction of sp³-hybridized carbons (Fsp3) is 0.318. The molecule has 1 aromatic heterocycles. The van der Waals surface area contributed by atoms with Crippen LogP contribution in [0.15, 0.2) is 54.8 Å². The number of allylic oxidation sites excluding steroid dienone is 4. The Labute approximate surface area is 171 Å². The summed E-state index contributed by atoms with van der Waals surface area (Å²) in [6.07, 6.45) is 7.69. The summed E-state index contributed by atoms with van der Waals surface area (Å²) in [6.45, 7) is 9.89. The van der Waals surface area contributed by atoms with Crippen LogP contribution in [0, 0.1) is 0 Å². The first-order chi connectivity index (χ1) is 13.6. The Morgan fingerprint density at radius 1 is 1.46 bits per heavy atom. The average Bonchev–Trinajstić information content (AvgIpc) is 3.07. The molecule has 0 spiro atoms. The average molecular weight is 402 g/mol. The molecule has 6 heteroatoms. The van der Waals surface area contributed by atoms with Gasteiger partial charge in [0.05, 0.1) is 12.6 Å². The second-order valence-corrected chi connectivity index (χ2v) is 6.57. The Hall–Kier alpha value is -2.50. The number of nitrogens with one attached hydrogen (secondary N) is 2. The zero-order valence-corrected chi connectivity index (χ0v) is 17.4. The molecule has 1 atom stereocenters. The third-order valence-electron chi connectivity index (χ3n) is 4.54. The minimum absolute atomic E-state index is 0.162. The predicted molar refractivity (Wildman–Crippen MR) is 117 cm³/mol. The van der Waals surface area contributed by atoms with Crippen LogP contribution in [0.2, 0.25) is 5.02 Å². The van der Waals surface area contributed by atoms with Crippen LogP contribution in [0.4, 0.5) is 4.79 Å². The maximum absolute atomic E-state index is 12.8. The molecule has 2 heterocycles. The minimum Gasteiger partial charge on any atom is -0.394 e. The number of aliphatic hydroxyl groups excluding tert-OH is 1. The number of aromatic nitrogens is 1. The molecular formula is C22H28ClN3O2. The van der Waals surface area contributed by atoms with Crippen molar-refractivity contribution in [3.8, 4) is 0 Å². The molecule has 28 heavy (non-hydrogen) atoms. The van der Waals surface area contributed by atoms with E-state index in [9.17, 15) is 9.90 Å². The first-order valence-electron chi connectivity index (χ1n) is 9.53. The SMILES string of the molecule is C=C/C=C(\C=C/C)NC(=O)N1CCc2c([nH]c3ccc(Cl)cc23)C1CO.CC. The summed E-state index contributed by atoms with van der Waals surface area (Å²) < 4.78 is 0. The molecule has 1 aromatic carbocycles. The van der Waals surface area contributed by atoms with E-state index in [4.69, 9.17) is 11.6 Å². The Morgan fingerprint density at radius 2 is 2.21 bits per heavy atom. The van der Waals surface area contributed by atoms with E-state index in [1.165, 1.54) is 0 Å². The summed E-state index contributed by atoms with van der Waals surface area (Å²) >= 11 is 6.13. The molecule has 1 unspecified atom stereocenters. The summed E-state index contributed by atoms with van der Waals surface area (Å²) in [4.78, 5) is 17.8. The number of aromatic amines is 1. The highest BCUT2D eigenvalue weighted by molar-refractivity contribution is 6.31. The number of rotatable bonds is 4. The number of hydrogen-bond acceptors (Lipinski definition) is 2. The molecule has 150 valence electrons. The lowest BCUT2D eigenvalue weighted by Crippen LogP contribution is -2.46. The number of amides is 2. The molecule has 5 nitrogen and oxygen atoms in total. The van der Waals surface area contributed by atoms with Crippen molar-refractivity contribution in [3.63, 3.8) is 0 Å². The predicted octanol–water partition coefficient (Wildman–Crippen LogP) is 5.09. The molecule has 0 saturated heterocycles. The van der Waals surface area contributed by atoms with Crippen molar-refractivity contribution < 1.29 is 9.90 Å². The van der Waals surface area contributed by atoms with Crippen LogP contribution in [0.25, 0.3) is 10.9 Å². The van der Waals surface area contributed by atoms with Gasteiger partial charge in [-0.25, -0.2) is 4.79 Å². The van der Waals surface area contributed by atoms with Gasteiger partial charge in [0, 0.05) is 33.9 Å². The van der Waals surface area contributed by atoms with Gasteiger partial charge in [-0.05, 0) is 49.3 Å². The summed E-state index contributed by atoms with van der Waals surface area (Å²) in [5.74, 6) is 0. The van der Waals surface area contributed by atoms with Gasteiger partial charge in [0.25, 0.3) is 0 Å². The number of H-pyrrole nitrogens is 1. The Bertz CT molecular complexity index is 899. The van der Waals surface area contributed by atoms with E-state index in [2.05, 4.69) is 16.9 Å². The van der Waals surface area contributed by atoms with Crippen molar-refractivity contribution in [1.29, 1.82) is 0 Å². The zero-order valence-electron chi connectivity index (χ0n) is 16.6. The van der Waals surface area contributed by atoms with Gasteiger partial charge in [-0.1, -0.05) is 44.2 Å². The number of aliphatic hydroxyl groups is 1. The maximum atomic E-state index is 12.8. The van der Waals surface area contributed by atoms with Gasteiger partial charge < -0.3 is 20.3 Å². The highest BCUT2D eigenvalue weighted by Gasteiger charge is 2.33. The highest BCUT2D eigenvalue weighted by Crippen LogP contribution is 2.35. The van der Waals surface area contributed by atoms with E-state index >= 15 is 0 Å². The van der Waals surface area contributed by atoms with Crippen LogP contribution in [-0.4, -0.2) is 34.2 Å². The fourth-order valence-electron chi connectivity index (χ4n) is 3.41. The van der Waals surface area contributed by atoms with Gasteiger partial charge in [0.2, 0.25) is 0 Å². The number of hydrogen-bond donors (Lipinski definition) is 3. The minimum atomic E-state index is -0.430. The van der Waals surface area contributed by atoms with Gasteiger partial charge in [0.1, 0.15) is 0 Å². The van der Waals surface area contributed by atoms with E-state index in [0.717, 1.165) is 22.2 Å². The first kappa shape index (κ1) is 21.8. The van der Waals surface area contributed by atoms with Crippen LogP contribution in [0.5, 0.6) is 0 Å². The second-order valence-electron chi connectivity index (χ2n) is 6.14. The molecular weight excluding hydrogens is 374 g/mol. The van der Waals surface area contributed by atoms with Crippen molar-refractivity contribution in [2.45, 2.75) is 33.2 Å². The van der Waals surface area contributed by atoms with E-state index in [-0.39, 0.29) is 12.6 Å². The van der Waals surface area contributed by atoms with Gasteiger partial charge in [-0.3, -0.25) is 0 Å².